The van der Waals surface area contributed by atoms with Crippen LogP contribution in [0.25, 0.3) is 10.8 Å². The molecular weight excluding hydrogens is 1010 g/mol. The van der Waals surface area contributed by atoms with Crippen LogP contribution >= 0.6 is 0 Å². The SMILES string of the molecule is COc1ccc(S(=O)(=O)CCOS(=O)(=O)O)cc1N=Nc1c(S(=O)(=O)O)cc2cc(S(=O)(=O)O)c(NC(=O)C(N=Nc3cc(S(=O)(=O)CCOS(=O)(=O)O)ccc3OC)C(C)=O)cc2c1O. The Bertz CT molecular complexity index is 3360. The third kappa shape index (κ3) is 13.7. The van der Waals surface area contributed by atoms with Gasteiger partial charge in [-0.25, -0.2) is 25.2 Å². The molecule has 4 rings (SSSR count). The normalized spacial score (nSPS) is 13.6. The maximum atomic E-state index is 13.5. The minimum absolute atomic E-state index is 0.175. The van der Waals surface area contributed by atoms with Crippen LogP contribution in [0, 0.1) is 0 Å². The lowest BCUT2D eigenvalue weighted by atomic mass is 10.1. The highest BCUT2D eigenvalue weighted by molar-refractivity contribution is 7.91. The summed E-state index contributed by atoms with van der Waals surface area (Å²) in [5.74, 6) is -6.11. The summed E-state index contributed by atoms with van der Waals surface area (Å²) >= 11 is 0. The number of phenols is 1. The van der Waals surface area contributed by atoms with Gasteiger partial charge >= 0.3 is 20.8 Å². The van der Waals surface area contributed by atoms with Crippen LogP contribution in [0.2, 0.25) is 0 Å². The maximum Gasteiger partial charge on any atom is 0.397 e. The van der Waals surface area contributed by atoms with Crippen LogP contribution in [-0.4, -0.2) is 130 Å². The Morgan fingerprint density at radius 3 is 1.52 bits per heavy atom. The van der Waals surface area contributed by atoms with Gasteiger partial charge < -0.3 is 19.9 Å². The fourth-order valence-corrected chi connectivity index (χ4v) is 9.67. The summed E-state index contributed by atoms with van der Waals surface area (Å²) in [4.78, 5) is 22.7. The van der Waals surface area contributed by atoms with Crippen molar-refractivity contribution < 1.29 is 101 Å². The van der Waals surface area contributed by atoms with E-state index in [1.165, 1.54) is 0 Å². The van der Waals surface area contributed by atoms with Gasteiger partial charge in [-0.3, -0.25) is 27.8 Å². The molecule has 34 heteroatoms. The number of ketones is 1. The zero-order chi connectivity index (χ0) is 49.8. The third-order valence-electron chi connectivity index (χ3n) is 8.32. The number of ether oxygens (including phenoxy) is 2. The fraction of sp³-hybridized carbons (Fsp3) is 0.250. The lowest BCUT2D eigenvalue weighted by molar-refractivity contribution is -0.126. The van der Waals surface area contributed by atoms with E-state index >= 15 is 0 Å². The topological polar surface area (TPSA) is 439 Å². The number of sulfone groups is 2. The first-order chi connectivity index (χ1) is 30.3. The van der Waals surface area contributed by atoms with Gasteiger partial charge in [0.15, 0.2) is 31.2 Å². The summed E-state index contributed by atoms with van der Waals surface area (Å²) in [5.41, 5.74) is -2.89. The Morgan fingerprint density at radius 1 is 0.636 bits per heavy atom. The van der Waals surface area contributed by atoms with Gasteiger partial charge in [0, 0.05) is 5.39 Å². The van der Waals surface area contributed by atoms with Crippen molar-refractivity contribution in [2.45, 2.75) is 32.5 Å². The number of Topliss-reactive ketones (excluding diaryl/α,β-unsaturated/α-hetero) is 1. The highest BCUT2D eigenvalue weighted by Gasteiger charge is 2.30. The van der Waals surface area contributed by atoms with E-state index in [-0.39, 0.29) is 11.5 Å². The highest BCUT2D eigenvalue weighted by atomic mass is 32.3. The van der Waals surface area contributed by atoms with Gasteiger partial charge in [-0.2, -0.15) is 43.9 Å². The second kappa shape index (κ2) is 20.1. The standard InChI is InChI=1S/C32H33N5O23S6/c1-17(38)29(36-34-22-14-19(4-6-25(22)57-2)61(41,42)10-8-59-65(51,52)53)32(40)33-24-16-21-18(12-27(24)63(45,46)47)13-28(64(48,49)50)30(31(21)39)37-35-23-15-20(5-7-26(23)58-3)62(43,44)11-9-60-66(54,55)56/h4-7,12-16,29,39H,8-11H2,1-3H3,(H,33,40)(H,45,46,47)(H,48,49,50)(H,51,52,53)(H,54,55,56). The van der Waals surface area contributed by atoms with Crippen molar-refractivity contribution in [3.05, 3.63) is 54.6 Å². The number of nitrogens with one attached hydrogen (secondary N) is 1. The molecule has 0 bridgehead atoms. The van der Waals surface area contributed by atoms with E-state index < -0.39 is 162 Å². The minimum atomic E-state index is -5.42. The molecule has 0 saturated carbocycles. The molecule has 6 N–H and O–H groups in total. The van der Waals surface area contributed by atoms with Gasteiger partial charge in [0.05, 0.1) is 54.4 Å². The quantitative estimate of drug-likeness (QED) is 0.0396. The number of azo groups is 2. The molecular formula is C32H33N5O23S6. The minimum Gasteiger partial charge on any atom is -0.505 e. The molecule has 4 aromatic rings. The van der Waals surface area contributed by atoms with Crippen LogP contribution in [0.1, 0.15) is 6.92 Å². The maximum absolute atomic E-state index is 13.5. The Kier molecular flexibility index (Phi) is 16.1. The number of carbonyl (C=O) groups excluding carboxylic acids is 2. The molecule has 66 heavy (non-hydrogen) atoms. The summed E-state index contributed by atoms with van der Waals surface area (Å²) in [5, 5.41) is 27.0. The molecule has 0 aliphatic heterocycles. The van der Waals surface area contributed by atoms with Crippen molar-refractivity contribution in [2.24, 2.45) is 20.5 Å². The molecule has 0 aromatic heterocycles. The van der Waals surface area contributed by atoms with Crippen molar-refractivity contribution in [1.82, 2.24) is 0 Å². The molecule has 0 radical (unpaired) electrons. The lowest BCUT2D eigenvalue weighted by Gasteiger charge is -2.15. The first kappa shape index (κ1) is 53.0. The van der Waals surface area contributed by atoms with Crippen LogP contribution < -0.4 is 14.8 Å². The molecule has 0 aliphatic rings. The Labute approximate surface area is 374 Å². The average Bonchev–Trinajstić information content (AvgIpc) is 3.18. The van der Waals surface area contributed by atoms with E-state index in [0.717, 1.165) is 57.5 Å². The van der Waals surface area contributed by atoms with Crippen molar-refractivity contribution in [3.8, 4) is 17.2 Å². The Morgan fingerprint density at radius 2 is 1.09 bits per heavy atom. The average molecular weight is 1050 g/mol. The van der Waals surface area contributed by atoms with Crippen LogP contribution in [0.15, 0.2) is 94.6 Å². The van der Waals surface area contributed by atoms with E-state index in [0.29, 0.717) is 18.2 Å². The molecule has 28 nitrogen and oxygen atoms in total. The number of aromatic hydroxyl groups is 1. The van der Waals surface area contributed by atoms with E-state index in [1.54, 1.807) is 0 Å². The smallest absolute Gasteiger partial charge is 0.397 e. The molecule has 1 amide bonds. The number of rotatable bonds is 21. The molecule has 0 fully saturated rings. The predicted molar refractivity (Wildman–Crippen MR) is 222 cm³/mol. The van der Waals surface area contributed by atoms with Crippen LogP contribution in [0.5, 0.6) is 17.2 Å². The lowest BCUT2D eigenvalue weighted by Crippen LogP contribution is -2.32. The molecule has 0 heterocycles. The number of anilines is 1. The van der Waals surface area contributed by atoms with Crippen LogP contribution in [0.4, 0.5) is 22.7 Å². The van der Waals surface area contributed by atoms with Crippen molar-refractivity contribution >= 4 is 106 Å². The second-order valence-corrected chi connectivity index (χ2v) is 22.0. The number of phenolic OH excluding ortho intramolecular Hbond substituents is 1. The number of fused-ring (bicyclic) bond motifs is 1. The summed E-state index contributed by atoms with van der Waals surface area (Å²) < 4.78 is 201. The van der Waals surface area contributed by atoms with E-state index in [4.69, 9.17) is 18.6 Å². The largest absolute Gasteiger partial charge is 0.505 e. The molecule has 1 atom stereocenters. The van der Waals surface area contributed by atoms with Gasteiger partial charge in [-0.05, 0) is 66.9 Å². The van der Waals surface area contributed by atoms with Crippen molar-refractivity contribution in [2.75, 3.05) is 44.3 Å². The molecule has 360 valence electrons. The van der Waals surface area contributed by atoms with Gasteiger partial charge in [-0.15, -0.1) is 10.2 Å². The second-order valence-electron chi connectivity index (χ2n) is 12.8. The fourth-order valence-electron chi connectivity index (χ4n) is 5.34. The van der Waals surface area contributed by atoms with Crippen molar-refractivity contribution in [3.63, 3.8) is 0 Å². The van der Waals surface area contributed by atoms with Gasteiger partial charge in [0.25, 0.3) is 26.1 Å². The summed E-state index contributed by atoms with van der Waals surface area (Å²) in [6.45, 7) is -1.18. The van der Waals surface area contributed by atoms with Gasteiger partial charge in [-0.1, -0.05) is 0 Å². The van der Waals surface area contributed by atoms with E-state index in [9.17, 15) is 74.3 Å². The highest BCUT2D eigenvalue weighted by Crippen LogP contribution is 2.44. The van der Waals surface area contributed by atoms with Crippen molar-refractivity contribution in [1.29, 1.82) is 0 Å². The monoisotopic (exact) mass is 1050 g/mol. The number of methoxy groups -OCH3 is 2. The number of carbonyl (C=O) groups is 2. The molecule has 0 saturated heterocycles. The molecule has 0 spiro atoms. The molecule has 1 unspecified atom stereocenters. The summed E-state index contributed by atoms with van der Waals surface area (Å²) in [6, 6.07) is 5.32. The summed E-state index contributed by atoms with van der Waals surface area (Å²) in [7, 11) is -27.3. The van der Waals surface area contributed by atoms with Gasteiger partial charge in [0.1, 0.15) is 38.4 Å². The predicted octanol–water partition coefficient (Wildman–Crippen LogP) is 2.34. The number of nitrogens with zero attached hydrogens (tertiary/aromatic N) is 4. The van der Waals surface area contributed by atoms with Crippen LogP contribution in [-0.2, 0) is 78.7 Å². The zero-order valence-corrected chi connectivity index (χ0v) is 38.3. The number of amides is 1. The Balaban J connectivity index is 1.81. The zero-order valence-electron chi connectivity index (χ0n) is 33.4. The number of benzene rings is 4. The molecule has 4 aromatic carbocycles. The van der Waals surface area contributed by atoms with E-state index in [1.807, 2.05) is 5.32 Å². The Hall–Kier alpha value is -5.66. The summed E-state index contributed by atoms with van der Waals surface area (Å²) in [6.07, 6.45) is 0. The number of hydrogen-bond donors (Lipinski definition) is 6. The first-order valence-corrected chi connectivity index (χ1v) is 26.2. The van der Waals surface area contributed by atoms with E-state index in [2.05, 4.69) is 28.8 Å². The number of hydrogen-bond acceptors (Lipinski definition) is 23. The molecule has 0 aliphatic carbocycles. The van der Waals surface area contributed by atoms with Crippen LogP contribution in [0.3, 0.4) is 0 Å². The third-order valence-corrected chi connectivity index (χ3v) is 14.4. The van der Waals surface area contributed by atoms with Gasteiger partial charge in [0.2, 0.25) is 6.04 Å². The first-order valence-electron chi connectivity index (χ1n) is 17.3.